The molecular weight excluding hydrogens is 237 g/mol. The number of halogens is 1. The maximum atomic E-state index is 13.6. The van der Waals surface area contributed by atoms with Crippen molar-refractivity contribution in [2.24, 2.45) is 5.92 Å². The van der Waals surface area contributed by atoms with Crippen LogP contribution in [0.5, 0.6) is 0 Å². The van der Waals surface area contributed by atoms with Gasteiger partial charge in [0.05, 0.1) is 0 Å². The van der Waals surface area contributed by atoms with Crippen molar-refractivity contribution < 1.29 is 4.39 Å². The summed E-state index contributed by atoms with van der Waals surface area (Å²) in [6.07, 6.45) is 10.5. The van der Waals surface area contributed by atoms with Crippen molar-refractivity contribution >= 4 is 0 Å². The first-order chi connectivity index (χ1) is 9.33. The average Bonchev–Trinajstić information content (AvgIpc) is 2.40. The third kappa shape index (κ3) is 3.06. The van der Waals surface area contributed by atoms with Gasteiger partial charge in [0.25, 0.3) is 0 Å². The van der Waals surface area contributed by atoms with Gasteiger partial charge in [-0.05, 0) is 62.1 Å². The van der Waals surface area contributed by atoms with Gasteiger partial charge < -0.3 is 5.32 Å². The SMILES string of the molecule is Fc1ccccc1C1CC(NCC2CC=CCC2)C1. The molecule has 1 saturated carbocycles. The van der Waals surface area contributed by atoms with Crippen LogP contribution in [0.25, 0.3) is 0 Å². The molecule has 1 aromatic rings. The normalized spacial score (nSPS) is 30.1. The summed E-state index contributed by atoms with van der Waals surface area (Å²) in [5.74, 6) is 1.19. The predicted octanol–water partition coefficient (Wildman–Crippen LogP) is 4.02. The molecule has 3 rings (SSSR count). The van der Waals surface area contributed by atoms with E-state index >= 15 is 0 Å². The van der Waals surface area contributed by atoms with Gasteiger partial charge in [-0.15, -0.1) is 0 Å². The fraction of sp³-hybridized carbons (Fsp3) is 0.529. The summed E-state index contributed by atoms with van der Waals surface area (Å²) in [6.45, 7) is 1.12. The number of hydrogen-bond donors (Lipinski definition) is 1. The Morgan fingerprint density at radius 2 is 2.00 bits per heavy atom. The highest BCUT2D eigenvalue weighted by Gasteiger charge is 2.31. The van der Waals surface area contributed by atoms with Gasteiger partial charge in [0, 0.05) is 6.04 Å². The first-order valence-corrected chi connectivity index (χ1v) is 7.45. The van der Waals surface area contributed by atoms with Gasteiger partial charge in [0.15, 0.2) is 0 Å². The van der Waals surface area contributed by atoms with Gasteiger partial charge in [-0.3, -0.25) is 0 Å². The minimum atomic E-state index is -0.0385. The van der Waals surface area contributed by atoms with E-state index in [2.05, 4.69) is 17.5 Å². The number of rotatable bonds is 4. The second kappa shape index (κ2) is 5.87. The van der Waals surface area contributed by atoms with Gasteiger partial charge >= 0.3 is 0 Å². The van der Waals surface area contributed by atoms with Crippen LogP contribution in [0.3, 0.4) is 0 Å². The van der Waals surface area contributed by atoms with Crippen molar-refractivity contribution in [2.75, 3.05) is 6.54 Å². The van der Waals surface area contributed by atoms with Crippen LogP contribution in [0, 0.1) is 11.7 Å². The number of hydrogen-bond acceptors (Lipinski definition) is 1. The summed E-state index contributed by atoms with van der Waals surface area (Å²) in [4.78, 5) is 0. The topological polar surface area (TPSA) is 12.0 Å². The number of nitrogens with one attached hydrogen (secondary N) is 1. The lowest BCUT2D eigenvalue weighted by Crippen LogP contribution is -2.42. The molecule has 1 nitrogen and oxygen atoms in total. The summed E-state index contributed by atoms with van der Waals surface area (Å²) < 4.78 is 13.6. The van der Waals surface area contributed by atoms with E-state index < -0.39 is 0 Å². The van der Waals surface area contributed by atoms with Crippen LogP contribution in [0.15, 0.2) is 36.4 Å². The maximum Gasteiger partial charge on any atom is 0.126 e. The Balaban J connectivity index is 1.43. The lowest BCUT2D eigenvalue weighted by Gasteiger charge is -2.37. The molecule has 0 heterocycles. The summed E-state index contributed by atoms with van der Waals surface area (Å²) in [7, 11) is 0. The third-order valence-corrected chi connectivity index (χ3v) is 4.56. The van der Waals surface area contributed by atoms with Crippen LogP contribution in [0.2, 0.25) is 0 Å². The van der Waals surface area contributed by atoms with Crippen molar-refractivity contribution in [3.63, 3.8) is 0 Å². The highest BCUT2D eigenvalue weighted by Crippen LogP contribution is 2.38. The highest BCUT2D eigenvalue weighted by molar-refractivity contribution is 5.24. The summed E-state index contributed by atoms with van der Waals surface area (Å²) >= 11 is 0. The molecule has 1 fully saturated rings. The molecule has 2 aliphatic carbocycles. The molecular formula is C17H22FN. The lowest BCUT2D eigenvalue weighted by atomic mass is 9.75. The van der Waals surface area contributed by atoms with E-state index in [9.17, 15) is 4.39 Å². The molecule has 1 aromatic carbocycles. The number of allylic oxidation sites excluding steroid dienone is 2. The van der Waals surface area contributed by atoms with Gasteiger partial charge in [0.2, 0.25) is 0 Å². The van der Waals surface area contributed by atoms with Gasteiger partial charge in [-0.1, -0.05) is 30.4 Å². The zero-order valence-corrected chi connectivity index (χ0v) is 11.3. The molecule has 0 radical (unpaired) electrons. The molecule has 102 valence electrons. The van der Waals surface area contributed by atoms with Crippen molar-refractivity contribution in [3.8, 4) is 0 Å². The standard InChI is InChI=1S/C17H22FN/c18-17-9-5-4-8-16(17)14-10-15(11-14)19-12-13-6-2-1-3-7-13/h1-2,4-5,8-9,13-15,19H,3,6-7,10-12H2. The smallest absolute Gasteiger partial charge is 0.126 e. The zero-order chi connectivity index (χ0) is 13.1. The Morgan fingerprint density at radius 3 is 2.74 bits per heavy atom. The largest absolute Gasteiger partial charge is 0.314 e. The molecule has 1 atom stereocenters. The minimum Gasteiger partial charge on any atom is -0.314 e. The first kappa shape index (κ1) is 12.9. The summed E-state index contributed by atoms with van der Waals surface area (Å²) in [5, 5.41) is 3.65. The summed E-state index contributed by atoms with van der Waals surface area (Å²) in [5.41, 5.74) is 0.904. The molecule has 2 aliphatic rings. The Hall–Kier alpha value is -1.15. The van der Waals surface area contributed by atoms with E-state index in [0.717, 1.165) is 30.9 Å². The van der Waals surface area contributed by atoms with E-state index in [1.807, 2.05) is 12.1 Å². The fourth-order valence-electron chi connectivity index (χ4n) is 3.22. The van der Waals surface area contributed by atoms with Crippen LogP contribution in [0.4, 0.5) is 4.39 Å². The van der Waals surface area contributed by atoms with Crippen LogP contribution in [-0.4, -0.2) is 12.6 Å². The Morgan fingerprint density at radius 1 is 1.16 bits per heavy atom. The highest BCUT2D eigenvalue weighted by atomic mass is 19.1. The molecule has 19 heavy (non-hydrogen) atoms. The second-order valence-corrected chi connectivity index (χ2v) is 5.95. The van der Waals surface area contributed by atoms with Gasteiger partial charge in [0.1, 0.15) is 5.82 Å². The molecule has 0 bridgehead atoms. The number of benzene rings is 1. The first-order valence-electron chi connectivity index (χ1n) is 7.45. The molecule has 0 saturated heterocycles. The van der Waals surface area contributed by atoms with Gasteiger partial charge in [-0.25, -0.2) is 4.39 Å². The molecule has 1 N–H and O–H groups in total. The van der Waals surface area contributed by atoms with Crippen LogP contribution in [-0.2, 0) is 0 Å². The maximum absolute atomic E-state index is 13.6. The molecule has 0 amide bonds. The molecule has 0 aliphatic heterocycles. The van der Waals surface area contributed by atoms with Crippen molar-refractivity contribution in [3.05, 3.63) is 47.8 Å². The Labute approximate surface area is 114 Å². The quantitative estimate of drug-likeness (QED) is 0.805. The third-order valence-electron chi connectivity index (χ3n) is 4.56. The van der Waals surface area contributed by atoms with E-state index in [1.165, 1.54) is 19.3 Å². The fourth-order valence-corrected chi connectivity index (χ4v) is 3.22. The molecule has 0 spiro atoms. The van der Waals surface area contributed by atoms with Crippen molar-refractivity contribution in [1.82, 2.24) is 5.32 Å². The Bertz CT molecular complexity index is 448. The predicted molar refractivity (Wildman–Crippen MR) is 76.6 cm³/mol. The molecule has 1 unspecified atom stereocenters. The van der Waals surface area contributed by atoms with Crippen molar-refractivity contribution in [1.29, 1.82) is 0 Å². The Kier molecular flexibility index (Phi) is 3.97. The lowest BCUT2D eigenvalue weighted by molar-refractivity contribution is 0.267. The zero-order valence-electron chi connectivity index (χ0n) is 11.3. The average molecular weight is 259 g/mol. The minimum absolute atomic E-state index is 0.0385. The molecule has 0 aromatic heterocycles. The van der Waals surface area contributed by atoms with E-state index in [0.29, 0.717) is 12.0 Å². The second-order valence-electron chi connectivity index (χ2n) is 5.95. The monoisotopic (exact) mass is 259 g/mol. The van der Waals surface area contributed by atoms with Gasteiger partial charge in [-0.2, -0.15) is 0 Å². The van der Waals surface area contributed by atoms with E-state index in [-0.39, 0.29) is 5.82 Å². The van der Waals surface area contributed by atoms with E-state index in [4.69, 9.17) is 0 Å². The van der Waals surface area contributed by atoms with Crippen LogP contribution >= 0.6 is 0 Å². The van der Waals surface area contributed by atoms with Crippen LogP contribution < -0.4 is 5.32 Å². The van der Waals surface area contributed by atoms with Crippen LogP contribution in [0.1, 0.15) is 43.6 Å². The molecule has 2 heteroatoms. The van der Waals surface area contributed by atoms with Crippen molar-refractivity contribution in [2.45, 2.75) is 44.1 Å². The van der Waals surface area contributed by atoms with E-state index in [1.54, 1.807) is 12.1 Å². The summed E-state index contributed by atoms with van der Waals surface area (Å²) in [6, 6.07) is 7.81.